The molecule has 8 bridgehead atoms. The number of aliphatic imine (C=N–C) groups is 8. The molecule has 5 aliphatic heterocycles. The number of methoxy groups -OCH3 is 3. The minimum absolute atomic E-state index is 0.0975. The first-order valence-electron chi connectivity index (χ1n) is 26.1. The van der Waals surface area contributed by atoms with Crippen LogP contribution in [-0.4, -0.2) is 88.4 Å². The van der Waals surface area contributed by atoms with Crippen molar-refractivity contribution < 1.29 is 53.6 Å². The number of aliphatic hydroxyl groups is 4. The first kappa shape index (κ1) is 52.0. The zero-order valence-corrected chi connectivity index (χ0v) is 44.9. The Morgan fingerprint density at radius 1 is 0.265 bits per heavy atom. The number of nitrogens with zero attached hydrogens (tertiary/aromatic N) is 8. The lowest BCUT2D eigenvalue weighted by Crippen LogP contribution is -2.03. The maximum absolute atomic E-state index is 9.91. The first-order chi connectivity index (χ1) is 40.6. The van der Waals surface area contributed by atoms with Crippen molar-refractivity contribution in [3.8, 4) is 63.2 Å². The molecule has 0 amide bonds. The van der Waals surface area contributed by atoms with Crippen molar-refractivity contribution in [2.24, 2.45) is 39.9 Å². The predicted octanol–water partition coefficient (Wildman–Crippen LogP) is 10.3. The molecule has 0 aromatic heterocycles. The summed E-state index contributed by atoms with van der Waals surface area (Å²) in [6, 6.07) is 43.1. The second kappa shape index (κ2) is 21.6. The summed E-state index contributed by atoms with van der Waals surface area (Å²) < 4.78 is 42.3. The van der Waals surface area contributed by atoms with Crippen LogP contribution in [0.1, 0.15) is 72.3 Å². The van der Waals surface area contributed by atoms with Crippen molar-refractivity contribution in [1.29, 1.82) is 0 Å². The van der Waals surface area contributed by atoms with E-state index < -0.39 is 0 Å². The number of amidine groups is 8. The standard InChI is InChI=1S/C64H48N8O11/c1-33-21-38(9-5-34(33)29-73)80-39-13-17-46-50(22-39)61-65-57(46)67-62-52-24-41(82-44-11-7-36(31-75)55(27-44)78-3)15-19-48(52)59(69-62)71-64-53-25-42(83-45-12-8-37(32-76)56(28-45)79-4)16-20-49(53)60(72-64)70-63-51-23-40(14-18-47(51)58(66-61)68-63)81-43-10-6-35(30-74)54(26-43)77-2/h5-28,73-76H,29-32H2,1-4H3. The average Bonchev–Trinajstić information content (AvgIpc) is 4.45. The van der Waals surface area contributed by atoms with Gasteiger partial charge in [0.2, 0.25) is 0 Å². The summed E-state index contributed by atoms with van der Waals surface area (Å²) in [5.74, 6) is 7.52. The highest BCUT2D eigenvalue weighted by atomic mass is 16.5. The van der Waals surface area contributed by atoms with Gasteiger partial charge in [0, 0.05) is 79.4 Å². The van der Waals surface area contributed by atoms with E-state index in [0.29, 0.717) is 136 Å². The van der Waals surface area contributed by atoms with Crippen molar-refractivity contribution in [3.05, 3.63) is 218 Å². The van der Waals surface area contributed by atoms with E-state index in [1.165, 1.54) is 21.3 Å². The topological polar surface area (TPSA) is 244 Å². The van der Waals surface area contributed by atoms with Gasteiger partial charge in [-0.1, -0.05) is 6.07 Å². The van der Waals surface area contributed by atoms with Crippen LogP contribution in [0.25, 0.3) is 0 Å². The van der Waals surface area contributed by atoms with Gasteiger partial charge >= 0.3 is 0 Å². The van der Waals surface area contributed by atoms with E-state index in [1.54, 1.807) is 78.9 Å². The van der Waals surface area contributed by atoms with Crippen LogP contribution in [0.15, 0.2) is 186 Å². The van der Waals surface area contributed by atoms with Crippen molar-refractivity contribution >= 4 is 46.7 Å². The Morgan fingerprint density at radius 3 is 0.723 bits per heavy atom. The highest BCUT2D eigenvalue weighted by Crippen LogP contribution is 2.39. The molecule has 0 fully saturated rings. The van der Waals surface area contributed by atoms with E-state index in [-0.39, 0.29) is 61.4 Å². The molecule has 0 spiro atoms. The molecule has 13 rings (SSSR count). The van der Waals surface area contributed by atoms with Gasteiger partial charge in [-0.3, -0.25) is 0 Å². The molecular weight excluding hydrogens is 1060 g/mol. The van der Waals surface area contributed by atoms with Gasteiger partial charge in [-0.2, -0.15) is 0 Å². The van der Waals surface area contributed by atoms with E-state index >= 15 is 0 Å². The van der Waals surface area contributed by atoms with Gasteiger partial charge in [0.25, 0.3) is 0 Å². The molecule has 410 valence electrons. The highest BCUT2D eigenvalue weighted by Gasteiger charge is 2.33. The second-order valence-electron chi connectivity index (χ2n) is 19.4. The molecular formula is C64H48N8O11. The molecule has 83 heavy (non-hydrogen) atoms. The summed E-state index contributed by atoms with van der Waals surface area (Å²) in [4.78, 5) is 41.2. The third kappa shape index (κ3) is 9.84. The van der Waals surface area contributed by atoms with Gasteiger partial charge in [0.05, 0.1) is 47.8 Å². The summed E-state index contributed by atoms with van der Waals surface area (Å²) in [5.41, 5.74) is 8.32. The lowest BCUT2D eigenvalue weighted by Gasteiger charge is -2.12. The minimum atomic E-state index is -0.208. The lowest BCUT2D eigenvalue weighted by atomic mass is 10.1. The monoisotopic (exact) mass is 1100 g/mol. The largest absolute Gasteiger partial charge is 0.496 e. The SMILES string of the molecule is COc1cc(Oc2ccc3c(c2)C2=NC4=NC(=NC5=NC(=NC6=NC(=NC3=N2)c2cc(Oc3ccc(CO)c(OC)c3)ccc26)c2cc(Oc3ccc(CO)c(OC)c3)ccc25)c2cc(Oc3ccc(CO)c(C)c3)ccc24)ccc1CO. The predicted molar refractivity (Wildman–Crippen MR) is 312 cm³/mol. The van der Waals surface area contributed by atoms with E-state index in [0.717, 1.165) is 11.1 Å². The number of aliphatic hydroxyl groups excluding tert-OH is 4. The number of fused-ring (bicyclic) bond motifs is 16. The maximum Gasteiger partial charge on any atom is 0.164 e. The molecule has 0 radical (unpaired) electrons. The zero-order valence-electron chi connectivity index (χ0n) is 44.9. The summed E-state index contributed by atoms with van der Waals surface area (Å²) >= 11 is 0. The van der Waals surface area contributed by atoms with E-state index in [4.69, 9.17) is 73.1 Å². The fraction of sp³-hybridized carbons (Fsp3) is 0.125. The Kier molecular flexibility index (Phi) is 13.5. The summed E-state index contributed by atoms with van der Waals surface area (Å²) in [6.07, 6.45) is 0. The highest BCUT2D eigenvalue weighted by molar-refractivity contribution is 6.35. The minimum Gasteiger partial charge on any atom is -0.496 e. The molecule has 0 atom stereocenters. The average molecular weight is 1110 g/mol. The fourth-order valence-corrected chi connectivity index (χ4v) is 10.0. The molecule has 0 saturated carbocycles. The first-order valence-corrected chi connectivity index (χ1v) is 26.1. The number of ether oxygens (including phenoxy) is 7. The van der Waals surface area contributed by atoms with E-state index in [2.05, 4.69) is 0 Å². The zero-order chi connectivity index (χ0) is 56.9. The normalized spacial score (nSPS) is 14.1. The van der Waals surface area contributed by atoms with Gasteiger partial charge in [-0.15, -0.1) is 0 Å². The number of hydrogen-bond donors (Lipinski definition) is 4. The van der Waals surface area contributed by atoms with Crippen LogP contribution in [0.2, 0.25) is 0 Å². The van der Waals surface area contributed by atoms with Crippen LogP contribution in [0.4, 0.5) is 0 Å². The van der Waals surface area contributed by atoms with Crippen LogP contribution in [-0.2, 0) is 26.4 Å². The Labute approximate surface area is 474 Å². The van der Waals surface area contributed by atoms with Gasteiger partial charge in [0.1, 0.15) is 63.2 Å². The lowest BCUT2D eigenvalue weighted by molar-refractivity contribution is 0.273. The summed E-state index contributed by atoms with van der Waals surface area (Å²) in [7, 11) is 4.59. The third-order valence-electron chi connectivity index (χ3n) is 14.3. The molecule has 5 aliphatic rings. The molecule has 0 aliphatic carbocycles. The van der Waals surface area contributed by atoms with Gasteiger partial charge < -0.3 is 53.6 Å². The van der Waals surface area contributed by atoms with Crippen LogP contribution >= 0.6 is 0 Å². The summed E-state index contributed by atoms with van der Waals surface area (Å²) in [6.45, 7) is 1.19. The van der Waals surface area contributed by atoms with E-state index in [9.17, 15) is 20.4 Å². The van der Waals surface area contributed by atoms with Crippen LogP contribution < -0.4 is 33.2 Å². The molecule has 5 heterocycles. The van der Waals surface area contributed by atoms with Crippen molar-refractivity contribution in [2.45, 2.75) is 33.4 Å². The number of aryl methyl sites for hydroxylation is 1. The van der Waals surface area contributed by atoms with E-state index in [1.807, 2.05) is 73.7 Å². The molecule has 0 saturated heterocycles. The molecule has 8 aromatic rings. The molecule has 0 unspecified atom stereocenters. The van der Waals surface area contributed by atoms with Gasteiger partial charge in [-0.05, 0) is 139 Å². The second-order valence-corrected chi connectivity index (χ2v) is 19.4. The van der Waals surface area contributed by atoms with Crippen molar-refractivity contribution in [2.75, 3.05) is 21.3 Å². The third-order valence-corrected chi connectivity index (χ3v) is 14.3. The smallest absolute Gasteiger partial charge is 0.164 e. The molecule has 8 aromatic carbocycles. The molecule has 4 N–H and O–H groups in total. The quantitative estimate of drug-likeness (QED) is 0.0752. The van der Waals surface area contributed by atoms with Crippen LogP contribution in [0, 0.1) is 6.92 Å². The number of rotatable bonds is 15. The fourth-order valence-electron chi connectivity index (χ4n) is 10.0. The Morgan fingerprint density at radius 2 is 0.482 bits per heavy atom. The van der Waals surface area contributed by atoms with Crippen molar-refractivity contribution in [1.82, 2.24) is 0 Å². The molecule has 19 heteroatoms. The Hall–Kier alpha value is -10.4. The van der Waals surface area contributed by atoms with Gasteiger partial charge in [-0.25, -0.2) is 39.9 Å². The number of hydrogen-bond acceptors (Lipinski definition) is 19. The molecule has 19 nitrogen and oxygen atoms in total. The van der Waals surface area contributed by atoms with Gasteiger partial charge in [0.15, 0.2) is 46.7 Å². The van der Waals surface area contributed by atoms with Crippen LogP contribution in [0.5, 0.6) is 63.2 Å². The van der Waals surface area contributed by atoms with Crippen LogP contribution in [0.3, 0.4) is 0 Å². The van der Waals surface area contributed by atoms with Crippen molar-refractivity contribution in [3.63, 3.8) is 0 Å². The summed E-state index contributed by atoms with van der Waals surface area (Å²) in [5, 5.41) is 39.6. The Bertz CT molecular complexity index is 4250. The number of benzene rings is 8. The maximum atomic E-state index is 9.91. The Balaban J connectivity index is 0.982.